The Bertz CT molecular complexity index is 378. The molecule has 0 spiro atoms. The van der Waals surface area contributed by atoms with E-state index in [0.29, 0.717) is 0 Å². The summed E-state index contributed by atoms with van der Waals surface area (Å²) in [5, 5.41) is 0. The Morgan fingerprint density at radius 2 is 1.82 bits per heavy atom. The summed E-state index contributed by atoms with van der Waals surface area (Å²) in [6, 6.07) is 5.64. The van der Waals surface area contributed by atoms with Gasteiger partial charge in [-0.1, -0.05) is 25.1 Å². The molecular weight excluding hydrogens is 235 g/mol. The number of benzene rings is 1. The molecule has 3 nitrogen and oxygen atoms in total. The van der Waals surface area contributed by atoms with Crippen molar-refractivity contribution in [3.8, 4) is 5.75 Å². The summed E-state index contributed by atoms with van der Waals surface area (Å²) < 4.78 is 41.6. The molecule has 0 aromatic heterocycles. The van der Waals surface area contributed by atoms with E-state index in [1.165, 1.54) is 12.1 Å². The number of carbonyl (C=O) groups excluding carboxylic acids is 1. The fraction of sp³-hybridized carbons (Fsp3) is 0.364. The maximum absolute atomic E-state index is 12.3. The molecule has 0 aliphatic heterocycles. The minimum absolute atomic E-state index is 0.193. The van der Waals surface area contributed by atoms with Crippen LogP contribution in [0.15, 0.2) is 30.3 Å². The van der Waals surface area contributed by atoms with E-state index in [9.17, 15) is 18.0 Å². The number of hydrogen-bond donors (Lipinski definition) is 1. The molecule has 6 heteroatoms. The van der Waals surface area contributed by atoms with Gasteiger partial charge in [-0.25, -0.2) is 0 Å². The van der Waals surface area contributed by atoms with Gasteiger partial charge in [0.1, 0.15) is 11.8 Å². The molecule has 0 aliphatic rings. The zero-order valence-corrected chi connectivity index (χ0v) is 9.07. The van der Waals surface area contributed by atoms with Crippen LogP contribution >= 0.6 is 0 Å². The van der Waals surface area contributed by atoms with Crippen LogP contribution in [-0.2, 0) is 4.79 Å². The molecule has 0 unspecified atom stereocenters. The smallest absolute Gasteiger partial charge is 0.404 e. The number of rotatable bonds is 3. The lowest BCUT2D eigenvalue weighted by molar-refractivity contribution is -0.169. The normalized spacial score (nSPS) is 15.1. The molecule has 0 saturated carbocycles. The van der Waals surface area contributed by atoms with Gasteiger partial charge in [-0.2, -0.15) is 13.2 Å². The molecular formula is C11H12F3NO2. The van der Waals surface area contributed by atoms with Crippen LogP contribution in [0.3, 0.4) is 0 Å². The molecule has 0 fully saturated rings. The van der Waals surface area contributed by atoms with Gasteiger partial charge >= 0.3 is 12.1 Å². The molecule has 1 rings (SSSR count). The highest BCUT2D eigenvalue weighted by atomic mass is 19.4. The second kappa shape index (κ2) is 5.18. The van der Waals surface area contributed by atoms with Crippen LogP contribution in [0.25, 0.3) is 0 Å². The Hall–Kier alpha value is -1.56. The maximum atomic E-state index is 12.3. The first-order valence-corrected chi connectivity index (χ1v) is 4.91. The van der Waals surface area contributed by atoms with E-state index in [1.54, 1.807) is 18.2 Å². The summed E-state index contributed by atoms with van der Waals surface area (Å²) in [4.78, 5) is 11.4. The van der Waals surface area contributed by atoms with Crippen molar-refractivity contribution in [2.45, 2.75) is 19.1 Å². The third-order valence-electron chi connectivity index (χ3n) is 2.25. The van der Waals surface area contributed by atoms with Crippen molar-refractivity contribution < 1.29 is 22.7 Å². The van der Waals surface area contributed by atoms with E-state index in [4.69, 9.17) is 10.5 Å². The average Bonchev–Trinajstić information content (AvgIpc) is 2.27. The molecule has 0 radical (unpaired) electrons. The number of esters is 1. The van der Waals surface area contributed by atoms with Crippen molar-refractivity contribution >= 4 is 5.97 Å². The first-order valence-electron chi connectivity index (χ1n) is 4.91. The molecule has 2 atom stereocenters. The number of alkyl halides is 3. The highest BCUT2D eigenvalue weighted by molar-refractivity contribution is 5.75. The molecule has 0 amide bonds. The summed E-state index contributed by atoms with van der Waals surface area (Å²) in [6.45, 7) is 1.09. The highest BCUT2D eigenvalue weighted by Crippen LogP contribution is 2.25. The SMILES string of the molecule is C[C@@H](C(=O)Oc1ccccc1)[C@@H](N)C(F)(F)F. The minimum Gasteiger partial charge on any atom is -0.426 e. The van der Waals surface area contributed by atoms with Crippen molar-refractivity contribution in [3.05, 3.63) is 30.3 Å². The van der Waals surface area contributed by atoms with Gasteiger partial charge in [0.05, 0.1) is 5.92 Å². The Labute approximate surface area is 96.4 Å². The largest absolute Gasteiger partial charge is 0.426 e. The van der Waals surface area contributed by atoms with Gasteiger partial charge < -0.3 is 10.5 Å². The number of ether oxygens (including phenoxy) is 1. The fourth-order valence-electron chi connectivity index (χ4n) is 1.13. The fourth-order valence-corrected chi connectivity index (χ4v) is 1.13. The molecule has 1 aromatic carbocycles. The Morgan fingerprint density at radius 1 is 1.29 bits per heavy atom. The van der Waals surface area contributed by atoms with Crippen molar-refractivity contribution in [1.29, 1.82) is 0 Å². The molecule has 0 saturated heterocycles. The van der Waals surface area contributed by atoms with Gasteiger partial charge in [-0.15, -0.1) is 0 Å². The highest BCUT2D eigenvalue weighted by Gasteiger charge is 2.43. The van der Waals surface area contributed by atoms with E-state index in [-0.39, 0.29) is 5.75 Å². The molecule has 0 bridgehead atoms. The Kier molecular flexibility index (Phi) is 4.11. The number of nitrogens with two attached hydrogens (primary N) is 1. The van der Waals surface area contributed by atoms with Gasteiger partial charge in [0.2, 0.25) is 0 Å². The number of hydrogen-bond acceptors (Lipinski definition) is 3. The van der Waals surface area contributed by atoms with Gasteiger partial charge in [-0.3, -0.25) is 4.79 Å². The average molecular weight is 247 g/mol. The van der Waals surface area contributed by atoms with Crippen LogP contribution in [-0.4, -0.2) is 18.2 Å². The first-order chi connectivity index (χ1) is 7.82. The van der Waals surface area contributed by atoms with Crippen LogP contribution in [0.1, 0.15) is 6.92 Å². The van der Waals surface area contributed by atoms with Gasteiger partial charge in [0.25, 0.3) is 0 Å². The van der Waals surface area contributed by atoms with Crippen LogP contribution < -0.4 is 10.5 Å². The van der Waals surface area contributed by atoms with E-state index < -0.39 is 24.1 Å². The van der Waals surface area contributed by atoms with Gasteiger partial charge in [-0.05, 0) is 12.1 Å². The summed E-state index contributed by atoms with van der Waals surface area (Å²) in [5.41, 5.74) is 4.92. The van der Waals surface area contributed by atoms with Gasteiger partial charge in [0.15, 0.2) is 0 Å². The molecule has 94 valence electrons. The maximum Gasteiger partial charge on any atom is 0.404 e. The van der Waals surface area contributed by atoms with E-state index >= 15 is 0 Å². The van der Waals surface area contributed by atoms with Crippen LogP contribution in [0.4, 0.5) is 13.2 Å². The van der Waals surface area contributed by atoms with Crippen molar-refractivity contribution in [2.24, 2.45) is 11.7 Å². The summed E-state index contributed by atoms with van der Waals surface area (Å²) in [7, 11) is 0. The zero-order chi connectivity index (χ0) is 13.1. The second-order valence-corrected chi connectivity index (χ2v) is 3.59. The summed E-state index contributed by atoms with van der Waals surface area (Å²) >= 11 is 0. The third-order valence-corrected chi connectivity index (χ3v) is 2.25. The molecule has 2 N–H and O–H groups in total. The Morgan fingerprint density at radius 3 is 2.29 bits per heavy atom. The quantitative estimate of drug-likeness (QED) is 0.657. The van der Waals surface area contributed by atoms with Crippen LogP contribution in [0, 0.1) is 5.92 Å². The summed E-state index contributed by atoms with van der Waals surface area (Å²) in [5.74, 6) is -2.25. The van der Waals surface area contributed by atoms with Gasteiger partial charge in [0, 0.05) is 0 Å². The number of para-hydroxylation sites is 1. The Balaban J connectivity index is 2.65. The molecule has 0 aliphatic carbocycles. The summed E-state index contributed by atoms with van der Waals surface area (Å²) in [6.07, 6.45) is -4.62. The minimum atomic E-state index is -4.62. The lowest BCUT2D eigenvalue weighted by atomic mass is 10.0. The number of halogens is 3. The van der Waals surface area contributed by atoms with E-state index in [1.807, 2.05) is 0 Å². The third kappa shape index (κ3) is 3.74. The van der Waals surface area contributed by atoms with Crippen molar-refractivity contribution in [3.63, 3.8) is 0 Å². The number of carbonyl (C=O) groups is 1. The molecule has 0 heterocycles. The van der Waals surface area contributed by atoms with E-state index in [2.05, 4.69) is 0 Å². The van der Waals surface area contributed by atoms with Crippen LogP contribution in [0.5, 0.6) is 5.75 Å². The van der Waals surface area contributed by atoms with Crippen molar-refractivity contribution in [2.75, 3.05) is 0 Å². The van der Waals surface area contributed by atoms with E-state index in [0.717, 1.165) is 6.92 Å². The molecule has 1 aromatic rings. The second-order valence-electron chi connectivity index (χ2n) is 3.59. The lowest BCUT2D eigenvalue weighted by Crippen LogP contribution is -2.46. The monoisotopic (exact) mass is 247 g/mol. The van der Waals surface area contributed by atoms with Crippen molar-refractivity contribution in [1.82, 2.24) is 0 Å². The topological polar surface area (TPSA) is 52.3 Å². The molecule has 17 heavy (non-hydrogen) atoms. The van der Waals surface area contributed by atoms with Crippen LogP contribution in [0.2, 0.25) is 0 Å². The first kappa shape index (κ1) is 13.5. The predicted octanol–water partition coefficient (Wildman–Crippen LogP) is 2.12. The zero-order valence-electron chi connectivity index (χ0n) is 9.07. The lowest BCUT2D eigenvalue weighted by Gasteiger charge is -2.20. The standard InChI is InChI=1S/C11H12F3NO2/c1-7(9(15)11(12,13)14)10(16)17-8-5-3-2-4-6-8/h2-7,9H,15H2,1H3/t7-,9-/m1/s1. The predicted molar refractivity (Wildman–Crippen MR) is 55.3 cm³/mol.